The molecule has 17 heavy (non-hydrogen) atoms. The molecule has 0 N–H and O–H groups in total. The molecule has 0 aliphatic heterocycles. The van der Waals surface area contributed by atoms with Gasteiger partial charge < -0.3 is 4.90 Å². The summed E-state index contributed by atoms with van der Waals surface area (Å²) < 4.78 is 0. The molecular weight excluding hydrogens is 261 g/mol. The second-order valence-electron chi connectivity index (χ2n) is 3.45. The maximum Gasteiger partial charge on any atom is 0.256 e. The Hall–Kier alpha value is -1.06. The third-order valence-corrected chi connectivity index (χ3v) is 2.99. The Morgan fingerprint density at radius 2 is 1.88 bits per heavy atom. The molecule has 0 unspecified atom stereocenters. The Balaban J connectivity index is 3.29. The molecule has 0 fully saturated rings. The quantitative estimate of drug-likeness (QED) is 0.790. The fourth-order valence-electron chi connectivity index (χ4n) is 1.58. The lowest BCUT2D eigenvalue weighted by molar-refractivity contribution is 0.0770. The Labute approximate surface area is 110 Å². The van der Waals surface area contributed by atoms with Crippen LogP contribution in [0.5, 0.6) is 0 Å². The van der Waals surface area contributed by atoms with Gasteiger partial charge in [0, 0.05) is 23.7 Å². The largest absolute Gasteiger partial charge is 0.339 e. The van der Waals surface area contributed by atoms with Crippen LogP contribution in [-0.4, -0.2) is 30.2 Å². The summed E-state index contributed by atoms with van der Waals surface area (Å²) in [5.74, 6) is -0.251. The zero-order valence-corrected chi connectivity index (χ0v) is 11.2. The molecule has 0 aliphatic carbocycles. The fourth-order valence-corrected chi connectivity index (χ4v) is 2.17. The van der Waals surface area contributed by atoms with Crippen molar-refractivity contribution in [2.75, 3.05) is 13.1 Å². The second kappa shape index (κ2) is 6.03. The zero-order chi connectivity index (χ0) is 13.0. The van der Waals surface area contributed by atoms with E-state index in [9.17, 15) is 9.59 Å². The highest BCUT2D eigenvalue weighted by Gasteiger charge is 2.20. The lowest BCUT2D eigenvalue weighted by atomic mass is 10.1. The summed E-state index contributed by atoms with van der Waals surface area (Å²) in [4.78, 5) is 24.7. The number of carbonyl (C=O) groups excluding carboxylic acids is 2. The first-order valence-electron chi connectivity index (χ1n) is 5.28. The molecule has 0 radical (unpaired) electrons. The minimum atomic E-state index is -0.251. The first-order chi connectivity index (χ1) is 8.04. The van der Waals surface area contributed by atoms with Crippen LogP contribution in [0.2, 0.25) is 10.0 Å². The summed E-state index contributed by atoms with van der Waals surface area (Å²) in [6, 6.07) is 2.91. The van der Waals surface area contributed by atoms with Gasteiger partial charge in [0.2, 0.25) is 0 Å². The summed E-state index contributed by atoms with van der Waals surface area (Å²) in [6.45, 7) is 4.86. The first kappa shape index (κ1) is 14.0. The molecule has 0 saturated carbocycles. The highest BCUT2D eigenvalue weighted by molar-refractivity contribution is 6.37. The van der Waals surface area contributed by atoms with Gasteiger partial charge in [-0.05, 0) is 26.0 Å². The molecule has 0 aromatic heterocycles. The maximum atomic E-state index is 12.2. The molecule has 1 aromatic carbocycles. The highest BCUT2D eigenvalue weighted by Crippen LogP contribution is 2.25. The van der Waals surface area contributed by atoms with E-state index in [1.807, 2.05) is 13.8 Å². The van der Waals surface area contributed by atoms with Crippen LogP contribution in [0.25, 0.3) is 0 Å². The van der Waals surface area contributed by atoms with Crippen LogP contribution in [0.4, 0.5) is 0 Å². The molecule has 0 atom stereocenters. The normalized spacial score (nSPS) is 10.1. The molecule has 1 aromatic rings. The van der Waals surface area contributed by atoms with Crippen molar-refractivity contribution in [2.24, 2.45) is 0 Å². The van der Waals surface area contributed by atoms with Crippen molar-refractivity contribution >= 4 is 35.4 Å². The van der Waals surface area contributed by atoms with Crippen molar-refractivity contribution in [2.45, 2.75) is 13.8 Å². The number of halogens is 2. The molecule has 0 aliphatic rings. The van der Waals surface area contributed by atoms with Crippen LogP contribution in [0.3, 0.4) is 0 Å². The number of amides is 1. The van der Waals surface area contributed by atoms with Gasteiger partial charge in [-0.3, -0.25) is 9.59 Å². The number of nitrogens with zero attached hydrogens (tertiary/aromatic N) is 1. The number of aldehydes is 1. The van der Waals surface area contributed by atoms with Crippen molar-refractivity contribution in [3.8, 4) is 0 Å². The molecule has 0 spiro atoms. The van der Waals surface area contributed by atoms with Gasteiger partial charge in [-0.15, -0.1) is 0 Å². The smallest absolute Gasteiger partial charge is 0.256 e. The van der Waals surface area contributed by atoms with Crippen molar-refractivity contribution in [1.29, 1.82) is 0 Å². The molecule has 1 amide bonds. The van der Waals surface area contributed by atoms with Crippen LogP contribution >= 0.6 is 23.2 Å². The Bertz CT molecular complexity index is 442. The summed E-state index contributed by atoms with van der Waals surface area (Å²) in [7, 11) is 0. The third-order valence-electron chi connectivity index (χ3n) is 2.48. The minimum Gasteiger partial charge on any atom is -0.339 e. The van der Waals surface area contributed by atoms with Crippen LogP contribution in [0.1, 0.15) is 34.6 Å². The van der Waals surface area contributed by atoms with E-state index in [1.165, 1.54) is 12.1 Å². The lowest BCUT2D eigenvalue weighted by Crippen LogP contribution is -2.31. The van der Waals surface area contributed by atoms with Gasteiger partial charge in [-0.25, -0.2) is 0 Å². The van der Waals surface area contributed by atoms with Gasteiger partial charge in [0.25, 0.3) is 5.91 Å². The SMILES string of the molecule is CCN(CC)C(=O)c1c(Cl)cc(Cl)cc1C=O. The number of hydrogen-bond acceptors (Lipinski definition) is 2. The highest BCUT2D eigenvalue weighted by atomic mass is 35.5. The fraction of sp³-hybridized carbons (Fsp3) is 0.333. The van der Waals surface area contributed by atoms with Crippen LogP contribution < -0.4 is 0 Å². The molecule has 0 bridgehead atoms. The van der Waals surface area contributed by atoms with E-state index >= 15 is 0 Å². The van der Waals surface area contributed by atoms with E-state index in [0.29, 0.717) is 24.4 Å². The predicted molar refractivity (Wildman–Crippen MR) is 69.1 cm³/mol. The second-order valence-corrected chi connectivity index (χ2v) is 4.29. The average molecular weight is 274 g/mol. The number of benzene rings is 1. The topological polar surface area (TPSA) is 37.4 Å². The maximum absolute atomic E-state index is 12.2. The van der Waals surface area contributed by atoms with Crippen molar-refractivity contribution in [3.63, 3.8) is 0 Å². The Morgan fingerprint density at radius 3 is 2.35 bits per heavy atom. The molecule has 1 rings (SSSR count). The standard InChI is InChI=1S/C12H13Cl2NO2/c1-3-15(4-2)12(17)11-8(7-16)5-9(13)6-10(11)14/h5-7H,3-4H2,1-2H3. The molecule has 0 saturated heterocycles. The summed E-state index contributed by atoms with van der Waals surface area (Å²) in [6.07, 6.45) is 0.592. The lowest BCUT2D eigenvalue weighted by Gasteiger charge is -2.20. The van der Waals surface area contributed by atoms with E-state index in [4.69, 9.17) is 23.2 Å². The van der Waals surface area contributed by atoms with Crippen LogP contribution in [0, 0.1) is 0 Å². The molecule has 3 nitrogen and oxygen atoms in total. The summed E-state index contributed by atoms with van der Waals surface area (Å²) in [5.41, 5.74) is 0.439. The third kappa shape index (κ3) is 2.99. The van der Waals surface area contributed by atoms with E-state index in [-0.39, 0.29) is 22.1 Å². The van der Waals surface area contributed by atoms with E-state index in [0.717, 1.165) is 0 Å². The monoisotopic (exact) mass is 273 g/mol. The predicted octanol–water partition coefficient (Wildman–Crippen LogP) is 3.29. The van der Waals surface area contributed by atoms with E-state index in [2.05, 4.69) is 0 Å². The van der Waals surface area contributed by atoms with Crippen LogP contribution in [-0.2, 0) is 0 Å². The zero-order valence-electron chi connectivity index (χ0n) is 9.67. The summed E-state index contributed by atoms with van der Waals surface area (Å²) in [5, 5.41) is 0.546. The van der Waals surface area contributed by atoms with Gasteiger partial charge in [-0.1, -0.05) is 23.2 Å². The molecule has 92 valence electrons. The molecule has 0 heterocycles. The van der Waals surface area contributed by atoms with Gasteiger partial charge in [0.05, 0.1) is 10.6 Å². The van der Waals surface area contributed by atoms with Crippen molar-refractivity contribution < 1.29 is 9.59 Å². The number of hydrogen-bond donors (Lipinski definition) is 0. The molecule has 5 heteroatoms. The van der Waals surface area contributed by atoms with Gasteiger partial charge in [-0.2, -0.15) is 0 Å². The van der Waals surface area contributed by atoms with E-state index < -0.39 is 0 Å². The van der Waals surface area contributed by atoms with Crippen LogP contribution in [0.15, 0.2) is 12.1 Å². The van der Waals surface area contributed by atoms with Crippen molar-refractivity contribution in [3.05, 3.63) is 33.3 Å². The van der Waals surface area contributed by atoms with Gasteiger partial charge >= 0.3 is 0 Å². The number of rotatable bonds is 4. The Morgan fingerprint density at radius 1 is 1.29 bits per heavy atom. The average Bonchev–Trinajstić information content (AvgIpc) is 2.29. The molecular formula is C12H13Cl2NO2. The Kier molecular flexibility index (Phi) is 4.97. The minimum absolute atomic E-state index is 0.205. The van der Waals surface area contributed by atoms with Crippen molar-refractivity contribution in [1.82, 2.24) is 4.90 Å². The van der Waals surface area contributed by atoms with Gasteiger partial charge in [0.1, 0.15) is 0 Å². The summed E-state index contributed by atoms with van der Waals surface area (Å²) >= 11 is 11.8. The number of carbonyl (C=O) groups is 2. The first-order valence-corrected chi connectivity index (χ1v) is 6.04. The van der Waals surface area contributed by atoms with Gasteiger partial charge in [0.15, 0.2) is 6.29 Å². The van der Waals surface area contributed by atoms with E-state index in [1.54, 1.807) is 4.90 Å².